The summed E-state index contributed by atoms with van der Waals surface area (Å²) in [7, 11) is 0. The number of imide groups is 1. The number of rotatable bonds is 2. The van der Waals surface area contributed by atoms with E-state index in [0.717, 1.165) is 0 Å². The van der Waals surface area contributed by atoms with Gasteiger partial charge in [0.2, 0.25) is 5.91 Å². The topological polar surface area (TPSA) is 94.2 Å². The van der Waals surface area contributed by atoms with Crippen molar-refractivity contribution in [1.82, 2.24) is 9.88 Å². The van der Waals surface area contributed by atoms with Crippen molar-refractivity contribution < 1.29 is 22.8 Å². The van der Waals surface area contributed by atoms with Crippen LogP contribution in [0.1, 0.15) is 5.56 Å². The molecule has 0 atom stereocenters. The third-order valence-corrected chi connectivity index (χ3v) is 1.89. The SMILES string of the molecule is NC(=O)NC(=O)Cn1cc(C(F)(F)F)ccc1=O. The molecule has 0 aliphatic rings. The molecule has 0 aliphatic heterocycles. The van der Waals surface area contributed by atoms with Gasteiger partial charge in [0.05, 0.1) is 5.56 Å². The van der Waals surface area contributed by atoms with Crippen LogP contribution in [0, 0.1) is 0 Å². The van der Waals surface area contributed by atoms with Crippen molar-refractivity contribution in [3.63, 3.8) is 0 Å². The van der Waals surface area contributed by atoms with Crippen molar-refractivity contribution in [2.75, 3.05) is 0 Å². The number of hydrogen-bond acceptors (Lipinski definition) is 3. The third kappa shape index (κ3) is 3.61. The van der Waals surface area contributed by atoms with Gasteiger partial charge >= 0.3 is 12.2 Å². The quantitative estimate of drug-likeness (QED) is 0.790. The summed E-state index contributed by atoms with van der Waals surface area (Å²) >= 11 is 0. The minimum Gasteiger partial charge on any atom is -0.351 e. The van der Waals surface area contributed by atoms with E-state index in [1.165, 1.54) is 0 Å². The number of amides is 3. The second kappa shape index (κ2) is 4.90. The smallest absolute Gasteiger partial charge is 0.351 e. The molecule has 1 rings (SSSR count). The zero-order valence-corrected chi connectivity index (χ0v) is 8.82. The fourth-order valence-electron chi connectivity index (χ4n) is 1.15. The van der Waals surface area contributed by atoms with Crippen LogP contribution in [-0.2, 0) is 17.5 Å². The van der Waals surface area contributed by atoms with E-state index in [0.29, 0.717) is 22.9 Å². The molecule has 0 spiro atoms. The second-order valence-electron chi connectivity index (χ2n) is 3.29. The molecule has 0 radical (unpaired) electrons. The van der Waals surface area contributed by atoms with Gasteiger partial charge in [-0.25, -0.2) is 4.79 Å². The van der Waals surface area contributed by atoms with Gasteiger partial charge in [0.1, 0.15) is 6.54 Å². The van der Waals surface area contributed by atoms with Crippen LogP contribution in [-0.4, -0.2) is 16.5 Å². The Labute approximate surface area is 98.2 Å². The summed E-state index contributed by atoms with van der Waals surface area (Å²) in [5, 5.41) is 1.64. The minimum atomic E-state index is -4.63. The zero-order chi connectivity index (χ0) is 13.9. The standard InChI is InChI=1S/C9H8F3N3O3/c10-9(11,12)5-1-2-7(17)15(3-5)4-6(16)14-8(13)18/h1-3H,4H2,(H3,13,14,16,18). The molecule has 3 amide bonds. The maximum absolute atomic E-state index is 12.4. The lowest BCUT2D eigenvalue weighted by atomic mass is 10.3. The van der Waals surface area contributed by atoms with Gasteiger partial charge in [-0.05, 0) is 6.07 Å². The van der Waals surface area contributed by atoms with Crippen LogP contribution < -0.4 is 16.6 Å². The number of nitrogens with two attached hydrogens (primary N) is 1. The normalized spacial score (nSPS) is 11.1. The van der Waals surface area contributed by atoms with Crippen molar-refractivity contribution in [2.45, 2.75) is 12.7 Å². The van der Waals surface area contributed by atoms with Crippen LogP contribution in [0.4, 0.5) is 18.0 Å². The van der Waals surface area contributed by atoms with Gasteiger partial charge in [-0.2, -0.15) is 13.2 Å². The van der Waals surface area contributed by atoms with Crippen molar-refractivity contribution in [2.24, 2.45) is 5.73 Å². The Balaban J connectivity index is 2.99. The molecule has 1 aromatic heterocycles. The fraction of sp³-hybridized carbons (Fsp3) is 0.222. The molecule has 1 heterocycles. The molecule has 9 heteroatoms. The van der Waals surface area contributed by atoms with E-state index < -0.39 is 35.8 Å². The van der Waals surface area contributed by atoms with E-state index in [1.54, 1.807) is 5.32 Å². The molecule has 6 nitrogen and oxygen atoms in total. The number of carbonyl (C=O) groups is 2. The number of alkyl halides is 3. The Morgan fingerprint density at radius 3 is 2.44 bits per heavy atom. The van der Waals surface area contributed by atoms with Crippen LogP contribution in [0.2, 0.25) is 0 Å². The summed E-state index contributed by atoms with van der Waals surface area (Å²) in [4.78, 5) is 32.6. The van der Waals surface area contributed by atoms with E-state index in [9.17, 15) is 27.6 Å². The van der Waals surface area contributed by atoms with Gasteiger partial charge in [0, 0.05) is 12.3 Å². The number of pyridine rings is 1. The lowest BCUT2D eigenvalue weighted by Crippen LogP contribution is -2.39. The number of urea groups is 1. The highest BCUT2D eigenvalue weighted by Gasteiger charge is 2.31. The van der Waals surface area contributed by atoms with Crippen LogP contribution in [0.3, 0.4) is 0 Å². The number of nitrogens with one attached hydrogen (secondary N) is 1. The van der Waals surface area contributed by atoms with Gasteiger partial charge < -0.3 is 10.3 Å². The predicted octanol–water partition coefficient (Wildman–Crippen LogP) is 0.0620. The molecular weight excluding hydrogens is 255 g/mol. The highest BCUT2D eigenvalue weighted by molar-refractivity contribution is 5.93. The Hall–Kier alpha value is -2.32. The van der Waals surface area contributed by atoms with Gasteiger partial charge in [-0.1, -0.05) is 0 Å². The van der Waals surface area contributed by atoms with Crippen molar-refractivity contribution >= 4 is 11.9 Å². The molecule has 0 aliphatic carbocycles. The number of nitrogens with zero attached hydrogens (tertiary/aromatic N) is 1. The number of primary amides is 1. The molecule has 0 saturated heterocycles. The van der Waals surface area contributed by atoms with E-state index in [4.69, 9.17) is 0 Å². The van der Waals surface area contributed by atoms with Crippen molar-refractivity contribution in [1.29, 1.82) is 0 Å². The number of hydrogen-bond donors (Lipinski definition) is 2. The molecule has 0 aromatic carbocycles. The van der Waals surface area contributed by atoms with E-state index in [1.807, 2.05) is 0 Å². The van der Waals surface area contributed by atoms with Gasteiger partial charge in [0.15, 0.2) is 0 Å². The molecule has 98 valence electrons. The van der Waals surface area contributed by atoms with Gasteiger partial charge in [0.25, 0.3) is 5.56 Å². The molecule has 0 unspecified atom stereocenters. The largest absolute Gasteiger partial charge is 0.417 e. The van der Waals surface area contributed by atoms with Crippen molar-refractivity contribution in [3.8, 4) is 0 Å². The molecule has 0 fully saturated rings. The van der Waals surface area contributed by atoms with Crippen LogP contribution >= 0.6 is 0 Å². The van der Waals surface area contributed by atoms with Gasteiger partial charge in [-0.3, -0.25) is 14.9 Å². The number of aromatic nitrogens is 1. The maximum atomic E-state index is 12.4. The third-order valence-electron chi connectivity index (χ3n) is 1.89. The monoisotopic (exact) mass is 263 g/mol. The number of carbonyl (C=O) groups excluding carboxylic acids is 2. The summed E-state index contributed by atoms with van der Waals surface area (Å²) in [6, 6.07) is 0.130. The highest BCUT2D eigenvalue weighted by atomic mass is 19.4. The fourth-order valence-corrected chi connectivity index (χ4v) is 1.15. The average molecular weight is 263 g/mol. The van der Waals surface area contributed by atoms with Gasteiger partial charge in [-0.15, -0.1) is 0 Å². The molecule has 1 aromatic rings. The second-order valence-corrected chi connectivity index (χ2v) is 3.29. The zero-order valence-electron chi connectivity index (χ0n) is 8.82. The number of halogens is 3. The first-order chi connectivity index (χ1) is 8.20. The summed E-state index contributed by atoms with van der Waals surface area (Å²) in [6.45, 7) is -0.730. The lowest BCUT2D eigenvalue weighted by molar-refractivity contribution is -0.138. The summed E-state index contributed by atoms with van der Waals surface area (Å²) in [5.74, 6) is -0.982. The van der Waals surface area contributed by atoms with E-state index >= 15 is 0 Å². The van der Waals surface area contributed by atoms with Crippen LogP contribution in [0.15, 0.2) is 23.1 Å². The first kappa shape index (κ1) is 13.7. The first-order valence-electron chi connectivity index (χ1n) is 4.57. The van der Waals surface area contributed by atoms with Crippen molar-refractivity contribution in [3.05, 3.63) is 34.2 Å². The lowest BCUT2D eigenvalue weighted by Gasteiger charge is -2.10. The predicted molar refractivity (Wildman–Crippen MR) is 53.4 cm³/mol. The Bertz CT molecular complexity index is 536. The highest BCUT2D eigenvalue weighted by Crippen LogP contribution is 2.27. The van der Waals surface area contributed by atoms with Crippen LogP contribution in [0.25, 0.3) is 0 Å². The molecule has 0 bridgehead atoms. The summed E-state index contributed by atoms with van der Waals surface area (Å²) < 4.78 is 37.6. The van der Waals surface area contributed by atoms with E-state index in [2.05, 4.69) is 5.73 Å². The summed E-state index contributed by atoms with van der Waals surface area (Å²) in [5.41, 5.74) is 2.77. The molecular formula is C9H8F3N3O3. The summed E-state index contributed by atoms with van der Waals surface area (Å²) in [6.07, 6.45) is -4.14. The minimum absolute atomic E-state index is 0.489. The molecule has 18 heavy (non-hydrogen) atoms. The maximum Gasteiger partial charge on any atom is 0.417 e. The Kier molecular flexibility index (Phi) is 3.74. The Morgan fingerprint density at radius 2 is 1.94 bits per heavy atom. The Morgan fingerprint density at radius 1 is 1.33 bits per heavy atom. The average Bonchev–Trinajstić information content (AvgIpc) is 2.18. The molecule has 0 saturated carbocycles. The molecule has 3 N–H and O–H groups in total. The van der Waals surface area contributed by atoms with Crippen LogP contribution in [0.5, 0.6) is 0 Å². The first-order valence-corrected chi connectivity index (χ1v) is 4.57. The van der Waals surface area contributed by atoms with E-state index in [-0.39, 0.29) is 0 Å².